The van der Waals surface area contributed by atoms with Crippen molar-refractivity contribution in [2.24, 2.45) is 0 Å². The molecule has 20 heavy (non-hydrogen) atoms. The van der Waals surface area contributed by atoms with Gasteiger partial charge in [-0.2, -0.15) is 0 Å². The maximum absolute atomic E-state index is 13.1. The molecule has 0 radical (unpaired) electrons. The van der Waals surface area contributed by atoms with Gasteiger partial charge >= 0.3 is 0 Å². The number of hydrogen-bond acceptors (Lipinski definition) is 1. The molecule has 0 aliphatic carbocycles. The van der Waals surface area contributed by atoms with Crippen LogP contribution in [0.1, 0.15) is 5.56 Å². The monoisotopic (exact) mass is 281 g/mol. The van der Waals surface area contributed by atoms with E-state index in [1.807, 2.05) is 6.07 Å². The molecule has 1 saturated heterocycles. The van der Waals surface area contributed by atoms with Crippen molar-refractivity contribution < 1.29 is 19.0 Å². The predicted molar refractivity (Wildman–Crippen MR) is 75.1 cm³/mol. The summed E-state index contributed by atoms with van der Waals surface area (Å²) >= 11 is 0. The van der Waals surface area contributed by atoms with Crippen LogP contribution in [0.2, 0.25) is 0 Å². The Kier molecular flexibility index (Phi) is 5.09. The van der Waals surface area contributed by atoms with Crippen molar-refractivity contribution in [3.8, 4) is 0 Å². The Morgan fingerprint density at radius 2 is 1.85 bits per heavy atom. The summed E-state index contributed by atoms with van der Waals surface area (Å²) in [4.78, 5) is 16.2. The number of nitrogens with zero attached hydrogens (tertiary/aromatic N) is 1. The zero-order valence-electron chi connectivity index (χ0n) is 12.3. The molecule has 1 aliphatic rings. The number of rotatable bonds is 4. The van der Waals surface area contributed by atoms with Gasteiger partial charge in [-0.1, -0.05) is 12.1 Å². The molecule has 1 aliphatic heterocycles. The number of nitrogens with one attached hydrogen (secondary N) is 2. The fourth-order valence-electron chi connectivity index (χ4n) is 2.62. The molecule has 1 aromatic carbocycles. The zero-order chi connectivity index (χ0) is 14.5. The van der Waals surface area contributed by atoms with E-state index in [1.54, 1.807) is 31.1 Å². The van der Waals surface area contributed by atoms with Gasteiger partial charge in [-0.25, -0.2) is 4.39 Å². The molecule has 1 heterocycles. The summed E-state index contributed by atoms with van der Waals surface area (Å²) in [6.45, 7) is 5.53. The Hall–Kier alpha value is -1.46. The van der Waals surface area contributed by atoms with Crippen LogP contribution in [0.4, 0.5) is 4.39 Å². The van der Waals surface area contributed by atoms with Crippen LogP contribution >= 0.6 is 0 Å². The minimum atomic E-state index is -0.164. The maximum Gasteiger partial charge on any atom is 0.277 e. The Morgan fingerprint density at radius 3 is 2.45 bits per heavy atom. The molecule has 5 heteroatoms. The van der Waals surface area contributed by atoms with Crippen molar-refractivity contribution in [1.82, 2.24) is 4.90 Å². The van der Waals surface area contributed by atoms with E-state index in [2.05, 4.69) is 0 Å². The van der Waals surface area contributed by atoms with E-state index in [4.69, 9.17) is 0 Å². The Bertz CT molecular complexity index is 456. The normalized spacial score (nSPS) is 22.6. The highest BCUT2D eigenvalue weighted by Gasteiger charge is 2.25. The summed E-state index contributed by atoms with van der Waals surface area (Å²) in [6, 6.07) is 6.84. The van der Waals surface area contributed by atoms with Gasteiger partial charge in [0.25, 0.3) is 5.91 Å². The third-order valence-corrected chi connectivity index (χ3v) is 3.91. The van der Waals surface area contributed by atoms with Gasteiger partial charge in [-0.3, -0.25) is 4.79 Å². The van der Waals surface area contributed by atoms with Gasteiger partial charge in [0.1, 0.15) is 38.5 Å². The second-order valence-electron chi connectivity index (χ2n) is 5.77. The lowest BCUT2D eigenvalue weighted by Gasteiger charge is -2.29. The molecular weight excluding hydrogens is 257 g/mol. The highest BCUT2D eigenvalue weighted by Crippen LogP contribution is 2.01. The van der Waals surface area contributed by atoms with Gasteiger partial charge in [0.2, 0.25) is 0 Å². The molecule has 1 amide bonds. The number of hydrogen-bond donors (Lipinski definition) is 2. The van der Waals surface area contributed by atoms with Crippen LogP contribution in [0.15, 0.2) is 24.3 Å². The van der Waals surface area contributed by atoms with Crippen LogP contribution in [-0.4, -0.2) is 57.6 Å². The topological polar surface area (TPSA) is 29.2 Å². The van der Waals surface area contributed by atoms with Crippen molar-refractivity contribution in [2.45, 2.75) is 6.54 Å². The first kappa shape index (κ1) is 14.9. The molecule has 0 aromatic heterocycles. The first-order valence-electron chi connectivity index (χ1n) is 7.16. The lowest BCUT2D eigenvalue weighted by atomic mass is 10.2. The van der Waals surface area contributed by atoms with Crippen molar-refractivity contribution >= 4 is 5.91 Å². The number of amides is 1. The Labute approximate surface area is 119 Å². The predicted octanol–water partition coefficient (Wildman–Crippen LogP) is -1.80. The highest BCUT2D eigenvalue weighted by molar-refractivity contribution is 5.76. The van der Waals surface area contributed by atoms with Gasteiger partial charge in [0.05, 0.1) is 0 Å². The van der Waals surface area contributed by atoms with Crippen molar-refractivity contribution in [2.75, 3.05) is 46.8 Å². The first-order chi connectivity index (χ1) is 9.54. The van der Waals surface area contributed by atoms with E-state index in [0.29, 0.717) is 6.54 Å². The standard InChI is InChI=1S/C15H22FN3O/c1-17(2)15(20)12-19-8-6-18(7-9-19)11-13-4-3-5-14(16)10-13/h3-5,10H,6-9,11-12H2,1-2H3/p+2. The second-order valence-corrected chi connectivity index (χ2v) is 5.77. The SMILES string of the molecule is CN(C)C(=O)C[NH+]1CC[NH+](Cc2cccc(F)c2)CC1. The average Bonchev–Trinajstić information content (AvgIpc) is 2.41. The molecule has 0 unspecified atom stereocenters. The average molecular weight is 281 g/mol. The van der Waals surface area contributed by atoms with Crippen LogP contribution in [0.25, 0.3) is 0 Å². The summed E-state index contributed by atoms with van der Waals surface area (Å²) in [7, 11) is 3.60. The molecule has 110 valence electrons. The van der Waals surface area contributed by atoms with Crippen molar-refractivity contribution in [1.29, 1.82) is 0 Å². The molecule has 2 rings (SSSR count). The molecule has 0 spiro atoms. The van der Waals surface area contributed by atoms with Crippen molar-refractivity contribution in [3.63, 3.8) is 0 Å². The van der Waals surface area contributed by atoms with Crippen molar-refractivity contribution in [3.05, 3.63) is 35.6 Å². The van der Waals surface area contributed by atoms with Crippen LogP contribution in [-0.2, 0) is 11.3 Å². The first-order valence-corrected chi connectivity index (χ1v) is 7.16. The summed E-state index contributed by atoms with van der Waals surface area (Å²) in [5, 5.41) is 0. The van der Waals surface area contributed by atoms with E-state index in [9.17, 15) is 9.18 Å². The van der Waals surface area contributed by atoms with Gasteiger partial charge in [0.15, 0.2) is 6.54 Å². The Morgan fingerprint density at radius 1 is 1.20 bits per heavy atom. The van der Waals surface area contributed by atoms with Crippen LogP contribution in [0.5, 0.6) is 0 Å². The minimum Gasteiger partial charge on any atom is -0.344 e. The number of likely N-dealkylation sites (N-methyl/N-ethyl adjacent to an activating group) is 1. The quantitative estimate of drug-likeness (QED) is 0.670. The summed E-state index contributed by atoms with van der Waals surface area (Å²) in [5.74, 6) is 0.0244. The van der Waals surface area contributed by atoms with Crippen LogP contribution in [0, 0.1) is 5.82 Å². The Balaban J connectivity index is 1.78. The molecule has 0 saturated carbocycles. The minimum absolute atomic E-state index is 0.164. The number of carbonyl (C=O) groups is 1. The molecular formula is C15H24FN3O+2. The summed E-state index contributed by atoms with van der Waals surface area (Å²) in [5.41, 5.74) is 1.05. The fourth-order valence-corrected chi connectivity index (χ4v) is 2.62. The van der Waals surface area contributed by atoms with E-state index >= 15 is 0 Å². The van der Waals surface area contributed by atoms with E-state index < -0.39 is 0 Å². The lowest BCUT2D eigenvalue weighted by molar-refractivity contribution is -1.02. The van der Waals surface area contributed by atoms with E-state index in [1.165, 1.54) is 15.9 Å². The molecule has 1 fully saturated rings. The third-order valence-electron chi connectivity index (χ3n) is 3.91. The molecule has 0 atom stereocenters. The molecule has 1 aromatic rings. The largest absolute Gasteiger partial charge is 0.344 e. The maximum atomic E-state index is 13.1. The fraction of sp³-hybridized carbons (Fsp3) is 0.533. The van der Waals surface area contributed by atoms with Crippen LogP contribution < -0.4 is 9.80 Å². The summed E-state index contributed by atoms with van der Waals surface area (Å²) < 4.78 is 13.1. The highest BCUT2D eigenvalue weighted by atomic mass is 19.1. The third kappa shape index (κ3) is 4.28. The van der Waals surface area contributed by atoms with Gasteiger partial charge in [-0.15, -0.1) is 0 Å². The number of quaternary nitrogens is 2. The zero-order valence-corrected chi connectivity index (χ0v) is 12.3. The van der Waals surface area contributed by atoms with E-state index in [-0.39, 0.29) is 11.7 Å². The van der Waals surface area contributed by atoms with Gasteiger partial charge in [-0.05, 0) is 12.1 Å². The van der Waals surface area contributed by atoms with Crippen LogP contribution in [0.3, 0.4) is 0 Å². The number of carbonyl (C=O) groups excluding carboxylic acids is 1. The molecule has 0 bridgehead atoms. The smallest absolute Gasteiger partial charge is 0.277 e. The second kappa shape index (κ2) is 6.81. The lowest BCUT2D eigenvalue weighted by Crippen LogP contribution is -3.28. The molecule has 4 nitrogen and oxygen atoms in total. The van der Waals surface area contributed by atoms with Gasteiger partial charge < -0.3 is 14.7 Å². The molecule has 2 N–H and O–H groups in total. The number of halogens is 1. The number of piperazine rings is 1. The van der Waals surface area contributed by atoms with E-state index in [0.717, 1.165) is 38.3 Å². The number of benzene rings is 1. The summed E-state index contributed by atoms with van der Waals surface area (Å²) in [6.07, 6.45) is 0. The van der Waals surface area contributed by atoms with Gasteiger partial charge in [0, 0.05) is 19.7 Å².